The third-order valence-corrected chi connectivity index (χ3v) is 6.30. The summed E-state index contributed by atoms with van der Waals surface area (Å²) in [6.07, 6.45) is 2.94. The lowest BCUT2D eigenvalue weighted by Crippen LogP contribution is -2.57. The summed E-state index contributed by atoms with van der Waals surface area (Å²) in [5.74, 6) is 2.52. The molecule has 0 spiro atoms. The van der Waals surface area contributed by atoms with Gasteiger partial charge in [-0.15, -0.1) is 0 Å². The zero-order valence-electron chi connectivity index (χ0n) is 14.7. The van der Waals surface area contributed by atoms with Crippen LogP contribution in [0.5, 0.6) is 5.75 Å². The summed E-state index contributed by atoms with van der Waals surface area (Å²) in [5.41, 5.74) is 1.26. The predicted molar refractivity (Wildman–Crippen MR) is 93.5 cm³/mol. The highest BCUT2D eigenvalue weighted by molar-refractivity contribution is 5.78. The van der Waals surface area contributed by atoms with Crippen molar-refractivity contribution < 1.29 is 9.90 Å². The Hall–Kier alpha value is -1.55. The van der Waals surface area contributed by atoms with Crippen molar-refractivity contribution in [3.8, 4) is 5.75 Å². The number of rotatable bonds is 3. The molecule has 24 heavy (non-hydrogen) atoms. The second kappa shape index (κ2) is 6.07. The number of piperidine rings is 2. The smallest absolute Gasteiger partial charge is 0.223 e. The van der Waals surface area contributed by atoms with Crippen LogP contribution in [0.4, 0.5) is 0 Å². The van der Waals surface area contributed by atoms with Gasteiger partial charge in [-0.1, -0.05) is 26.0 Å². The molecule has 4 atom stereocenters. The lowest BCUT2D eigenvalue weighted by molar-refractivity contribution is -0.142. The van der Waals surface area contributed by atoms with Crippen molar-refractivity contribution in [2.75, 3.05) is 13.1 Å². The SMILES string of the molecule is CC(C)[C@H]1CC2CN(Cc3ccc(O)cc3)C[C@H]3CCC(=O)N1C23. The molecule has 4 rings (SSSR count). The summed E-state index contributed by atoms with van der Waals surface area (Å²) in [5, 5.41) is 9.46. The summed E-state index contributed by atoms with van der Waals surface area (Å²) < 4.78 is 0. The predicted octanol–water partition coefficient (Wildman–Crippen LogP) is 2.86. The maximum atomic E-state index is 12.5. The second-order valence-corrected chi connectivity index (χ2v) is 8.26. The molecular weight excluding hydrogens is 300 g/mol. The van der Waals surface area contributed by atoms with Crippen molar-refractivity contribution in [2.24, 2.45) is 17.8 Å². The van der Waals surface area contributed by atoms with E-state index in [4.69, 9.17) is 0 Å². The zero-order valence-corrected chi connectivity index (χ0v) is 14.7. The molecule has 0 saturated carbocycles. The molecule has 1 aromatic rings. The Morgan fingerprint density at radius 1 is 1.17 bits per heavy atom. The molecule has 2 unspecified atom stereocenters. The molecular formula is C20H28N2O2. The van der Waals surface area contributed by atoms with E-state index in [0.29, 0.717) is 41.5 Å². The third-order valence-electron chi connectivity index (χ3n) is 6.30. The monoisotopic (exact) mass is 328 g/mol. The maximum Gasteiger partial charge on any atom is 0.223 e. The van der Waals surface area contributed by atoms with E-state index in [1.165, 1.54) is 5.56 Å². The largest absolute Gasteiger partial charge is 0.508 e. The van der Waals surface area contributed by atoms with Crippen LogP contribution < -0.4 is 0 Å². The van der Waals surface area contributed by atoms with Gasteiger partial charge in [-0.3, -0.25) is 9.69 Å². The van der Waals surface area contributed by atoms with Gasteiger partial charge in [0.05, 0.1) is 0 Å². The molecule has 3 aliphatic heterocycles. The van der Waals surface area contributed by atoms with E-state index in [1.807, 2.05) is 12.1 Å². The Morgan fingerprint density at radius 3 is 2.58 bits per heavy atom. The van der Waals surface area contributed by atoms with Crippen LogP contribution in [-0.4, -0.2) is 46.0 Å². The van der Waals surface area contributed by atoms with Crippen LogP contribution >= 0.6 is 0 Å². The molecule has 1 amide bonds. The fourth-order valence-corrected chi connectivity index (χ4v) is 5.29. The van der Waals surface area contributed by atoms with Crippen molar-refractivity contribution in [2.45, 2.75) is 51.7 Å². The molecule has 3 aliphatic rings. The number of hydrogen-bond donors (Lipinski definition) is 1. The van der Waals surface area contributed by atoms with Crippen LogP contribution in [0.25, 0.3) is 0 Å². The van der Waals surface area contributed by atoms with Crippen LogP contribution in [-0.2, 0) is 11.3 Å². The molecule has 1 aromatic carbocycles. The molecule has 0 aliphatic carbocycles. The Kier molecular flexibility index (Phi) is 4.03. The first kappa shape index (κ1) is 15.9. The molecule has 3 fully saturated rings. The van der Waals surface area contributed by atoms with Crippen LogP contribution in [0.1, 0.15) is 38.7 Å². The average molecular weight is 328 g/mol. The maximum absolute atomic E-state index is 12.5. The van der Waals surface area contributed by atoms with Crippen LogP contribution in [0, 0.1) is 17.8 Å². The number of likely N-dealkylation sites (tertiary alicyclic amines) is 1. The van der Waals surface area contributed by atoms with Crippen LogP contribution in [0.15, 0.2) is 24.3 Å². The summed E-state index contributed by atoms with van der Waals surface area (Å²) >= 11 is 0. The molecule has 0 bridgehead atoms. The third kappa shape index (κ3) is 2.71. The molecule has 130 valence electrons. The average Bonchev–Trinajstić information content (AvgIpc) is 2.94. The number of carbonyl (C=O) groups excluding carboxylic acids is 1. The quantitative estimate of drug-likeness (QED) is 0.928. The molecule has 3 saturated heterocycles. The van der Waals surface area contributed by atoms with Gasteiger partial charge in [0.1, 0.15) is 5.75 Å². The Balaban J connectivity index is 1.52. The van der Waals surface area contributed by atoms with Crippen molar-refractivity contribution in [3.63, 3.8) is 0 Å². The van der Waals surface area contributed by atoms with Gasteiger partial charge in [-0.25, -0.2) is 0 Å². The number of phenols is 1. The van der Waals surface area contributed by atoms with E-state index in [9.17, 15) is 9.90 Å². The first-order valence-electron chi connectivity index (χ1n) is 9.34. The van der Waals surface area contributed by atoms with Crippen molar-refractivity contribution in [3.05, 3.63) is 29.8 Å². The highest BCUT2D eigenvalue weighted by Crippen LogP contribution is 2.45. The first-order chi connectivity index (χ1) is 11.5. The Morgan fingerprint density at radius 2 is 1.88 bits per heavy atom. The van der Waals surface area contributed by atoms with Gasteiger partial charge in [0.2, 0.25) is 5.91 Å². The van der Waals surface area contributed by atoms with Crippen LogP contribution in [0.3, 0.4) is 0 Å². The minimum atomic E-state index is 0.328. The fraction of sp³-hybridized carbons (Fsp3) is 0.650. The van der Waals surface area contributed by atoms with E-state index >= 15 is 0 Å². The van der Waals surface area contributed by atoms with E-state index < -0.39 is 0 Å². The lowest BCUT2D eigenvalue weighted by atomic mass is 9.79. The minimum Gasteiger partial charge on any atom is -0.508 e. The number of nitrogens with zero attached hydrogens (tertiary/aromatic N) is 2. The number of carbonyl (C=O) groups is 1. The topological polar surface area (TPSA) is 43.8 Å². The number of amides is 1. The summed E-state index contributed by atoms with van der Waals surface area (Å²) in [4.78, 5) is 17.4. The van der Waals surface area contributed by atoms with Gasteiger partial charge in [-0.05, 0) is 48.3 Å². The van der Waals surface area contributed by atoms with Gasteiger partial charge in [0.25, 0.3) is 0 Å². The van der Waals surface area contributed by atoms with Gasteiger partial charge in [0.15, 0.2) is 0 Å². The van der Waals surface area contributed by atoms with Crippen LogP contribution in [0.2, 0.25) is 0 Å². The number of hydrogen-bond acceptors (Lipinski definition) is 3. The molecule has 1 N–H and O–H groups in total. The van der Waals surface area contributed by atoms with E-state index in [2.05, 4.69) is 23.6 Å². The Bertz CT molecular complexity index is 613. The molecule has 3 heterocycles. The van der Waals surface area contributed by atoms with Crippen molar-refractivity contribution in [1.29, 1.82) is 0 Å². The number of aromatic hydroxyl groups is 1. The highest BCUT2D eigenvalue weighted by atomic mass is 16.3. The lowest BCUT2D eigenvalue weighted by Gasteiger charge is -2.47. The van der Waals surface area contributed by atoms with E-state index in [-0.39, 0.29) is 0 Å². The molecule has 0 aromatic heterocycles. The van der Waals surface area contributed by atoms with Crippen molar-refractivity contribution in [1.82, 2.24) is 9.80 Å². The summed E-state index contributed by atoms with van der Waals surface area (Å²) in [6, 6.07) is 8.49. The highest BCUT2D eigenvalue weighted by Gasteiger charge is 2.52. The zero-order chi connectivity index (χ0) is 16.8. The van der Waals surface area contributed by atoms with E-state index in [1.54, 1.807) is 12.1 Å². The van der Waals surface area contributed by atoms with E-state index in [0.717, 1.165) is 38.9 Å². The summed E-state index contributed by atoms with van der Waals surface area (Å²) in [6.45, 7) is 7.65. The molecule has 4 nitrogen and oxygen atoms in total. The minimum absolute atomic E-state index is 0.328. The number of benzene rings is 1. The normalized spacial score (nSPS) is 33.1. The molecule has 0 radical (unpaired) electrons. The second-order valence-electron chi connectivity index (χ2n) is 8.26. The molecule has 4 heteroatoms. The number of phenolic OH excluding ortho intramolecular Hbond substituents is 1. The van der Waals surface area contributed by atoms with Gasteiger partial charge >= 0.3 is 0 Å². The van der Waals surface area contributed by atoms with Gasteiger partial charge in [0, 0.05) is 38.1 Å². The first-order valence-corrected chi connectivity index (χ1v) is 9.34. The van der Waals surface area contributed by atoms with Crippen molar-refractivity contribution >= 4 is 5.91 Å². The summed E-state index contributed by atoms with van der Waals surface area (Å²) in [7, 11) is 0. The fourth-order valence-electron chi connectivity index (χ4n) is 5.29. The Labute approximate surface area is 144 Å². The standard InChI is InChI=1S/C20H28N2O2/c1-13(2)18-9-16-12-21(10-14-3-6-17(23)7-4-14)11-15-5-8-19(24)22(18)20(15)16/h3-4,6-7,13,15-16,18,20,23H,5,8-12H2,1-2H3/t15-,16?,18-,20?/m1/s1. The van der Waals surface area contributed by atoms with Gasteiger partial charge in [-0.2, -0.15) is 0 Å². The van der Waals surface area contributed by atoms with Gasteiger partial charge < -0.3 is 10.0 Å².